The third-order valence-electron chi connectivity index (χ3n) is 2.65. The van der Waals surface area contributed by atoms with Crippen LogP contribution in [0.4, 0.5) is 13.6 Å². The SMILES string of the molecule is CC(C)(C)OC(=O)N1C[C@@H](C(=O)O)OC[C@@H]1CC(F)F. The van der Waals surface area contributed by atoms with E-state index in [9.17, 15) is 18.4 Å². The van der Waals surface area contributed by atoms with E-state index < -0.39 is 42.7 Å². The summed E-state index contributed by atoms with van der Waals surface area (Å²) in [5.41, 5.74) is -0.788. The van der Waals surface area contributed by atoms with Crippen LogP contribution in [0.15, 0.2) is 0 Å². The zero-order chi connectivity index (χ0) is 15.5. The Morgan fingerprint density at radius 2 is 2.05 bits per heavy atom. The van der Waals surface area contributed by atoms with Crippen LogP contribution in [-0.4, -0.2) is 59.4 Å². The van der Waals surface area contributed by atoms with Crippen LogP contribution in [0.1, 0.15) is 27.2 Å². The van der Waals surface area contributed by atoms with Gasteiger partial charge >= 0.3 is 12.1 Å². The van der Waals surface area contributed by atoms with Crippen molar-refractivity contribution < 1.29 is 33.0 Å². The number of carbonyl (C=O) groups is 2. The van der Waals surface area contributed by atoms with Gasteiger partial charge in [0.15, 0.2) is 6.10 Å². The van der Waals surface area contributed by atoms with E-state index in [0.29, 0.717) is 0 Å². The minimum absolute atomic E-state index is 0.249. The summed E-state index contributed by atoms with van der Waals surface area (Å²) >= 11 is 0. The van der Waals surface area contributed by atoms with Crippen molar-refractivity contribution in [3.05, 3.63) is 0 Å². The van der Waals surface area contributed by atoms with Gasteiger partial charge in [-0.3, -0.25) is 4.90 Å². The molecule has 1 N–H and O–H groups in total. The number of halogens is 2. The van der Waals surface area contributed by atoms with Crippen LogP contribution in [0.2, 0.25) is 0 Å². The van der Waals surface area contributed by atoms with Crippen molar-refractivity contribution in [2.24, 2.45) is 0 Å². The predicted octanol–water partition coefficient (Wildman–Crippen LogP) is 1.73. The van der Waals surface area contributed by atoms with E-state index in [4.69, 9.17) is 14.6 Å². The Balaban J connectivity index is 2.80. The van der Waals surface area contributed by atoms with E-state index in [-0.39, 0.29) is 13.2 Å². The van der Waals surface area contributed by atoms with Gasteiger partial charge in [0.05, 0.1) is 19.2 Å². The van der Waals surface area contributed by atoms with Crippen molar-refractivity contribution in [2.45, 2.75) is 51.4 Å². The number of alkyl halides is 2. The lowest BCUT2D eigenvalue weighted by Gasteiger charge is -2.38. The van der Waals surface area contributed by atoms with Crippen molar-refractivity contribution in [1.82, 2.24) is 4.90 Å². The first-order chi connectivity index (χ1) is 9.10. The summed E-state index contributed by atoms with van der Waals surface area (Å²) in [6.45, 7) is 4.37. The Hall–Kier alpha value is -1.44. The second-order valence-corrected chi connectivity index (χ2v) is 5.57. The van der Waals surface area contributed by atoms with E-state index in [1.165, 1.54) is 0 Å². The van der Waals surface area contributed by atoms with Crippen molar-refractivity contribution in [3.63, 3.8) is 0 Å². The Morgan fingerprint density at radius 3 is 2.50 bits per heavy atom. The maximum atomic E-state index is 12.5. The van der Waals surface area contributed by atoms with Crippen LogP contribution >= 0.6 is 0 Å². The molecule has 0 aromatic rings. The largest absolute Gasteiger partial charge is 0.479 e. The highest BCUT2D eigenvalue weighted by Gasteiger charge is 2.38. The van der Waals surface area contributed by atoms with Gasteiger partial charge in [-0.15, -0.1) is 0 Å². The standard InChI is InChI=1S/C12H19F2NO5/c1-12(2,3)20-11(18)15-5-8(10(16)17)19-6-7(15)4-9(13)14/h7-9H,4-6H2,1-3H3,(H,16,17)/t7-,8-/m0/s1. The minimum atomic E-state index is -2.62. The van der Waals surface area contributed by atoms with Gasteiger partial charge in [-0.1, -0.05) is 0 Å². The quantitative estimate of drug-likeness (QED) is 0.858. The second kappa shape index (κ2) is 6.34. The van der Waals surface area contributed by atoms with E-state index in [2.05, 4.69) is 0 Å². The first-order valence-corrected chi connectivity index (χ1v) is 6.22. The number of hydrogen-bond acceptors (Lipinski definition) is 4. The number of ether oxygens (including phenoxy) is 2. The fourth-order valence-corrected chi connectivity index (χ4v) is 1.79. The van der Waals surface area contributed by atoms with Gasteiger partial charge in [-0.2, -0.15) is 0 Å². The third kappa shape index (κ3) is 4.92. The zero-order valence-corrected chi connectivity index (χ0v) is 11.6. The molecule has 1 fully saturated rings. The summed E-state index contributed by atoms with van der Waals surface area (Å²) in [6.07, 6.45) is -5.23. The lowest BCUT2D eigenvalue weighted by Crippen LogP contribution is -2.55. The number of hydrogen-bond donors (Lipinski definition) is 1. The topological polar surface area (TPSA) is 76.1 Å². The van der Waals surface area contributed by atoms with Crippen molar-refractivity contribution in [1.29, 1.82) is 0 Å². The molecule has 1 aliphatic heterocycles. The Labute approximate surface area is 115 Å². The van der Waals surface area contributed by atoms with Gasteiger partial charge in [-0.25, -0.2) is 18.4 Å². The normalized spacial score (nSPS) is 23.8. The van der Waals surface area contributed by atoms with E-state index in [1.54, 1.807) is 20.8 Å². The monoisotopic (exact) mass is 295 g/mol. The fourth-order valence-electron chi connectivity index (χ4n) is 1.79. The number of carboxylic acids is 1. The lowest BCUT2D eigenvalue weighted by molar-refractivity contribution is -0.159. The van der Waals surface area contributed by atoms with Gasteiger partial charge < -0.3 is 14.6 Å². The predicted molar refractivity (Wildman–Crippen MR) is 64.7 cm³/mol. The number of rotatable bonds is 3. The number of carbonyl (C=O) groups excluding carboxylic acids is 1. The van der Waals surface area contributed by atoms with Gasteiger partial charge in [0.25, 0.3) is 0 Å². The summed E-state index contributed by atoms with van der Waals surface area (Å²) in [4.78, 5) is 23.9. The molecule has 20 heavy (non-hydrogen) atoms. The number of nitrogens with zero attached hydrogens (tertiary/aromatic N) is 1. The van der Waals surface area contributed by atoms with Crippen LogP contribution in [0.5, 0.6) is 0 Å². The van der Waals surface area contributed by atoms with Gasteiger partial charge in [-0.05, 0) is 20.8 Å². The number of morpholine rings is 1. The summed E-state index contributed by atoms with van der Waals surface area (Å²) in [7, 11) is 0. The number of aliphatic carboxylic acids is 1. The molecular formula is C12H19F2NO5. The molecule has 1 heterocycles. The molecule has 0 aliphatic carbocycles. The van der Waals surface area contributed by atoms with Crippen molar-refractivity contribution in [2.75, 3.05) is 13.2 Å². The Bertz CT molecular complexity index is 369. The average molecular weight is 295 g/mol. The van der Waals surface area contributed by atoms with Crippen molar-refractivity contribution in [3.8, 4) is 0 Å². The zero-order valence-electron chi connectivity index (χ0n) is 11.6. The molecule has 0 bridgehead atoms. The molecule has 1 rings (SSSR count). The fraction of sp³-hybridized carbons (Fsp3) is 0.833. The molecule has 1 aliphatic rings. The van der Waals surface area contributed by atoms with Gasteiger partial charge in [0, 0.05) is 6.42 Å². The van der Waals surface area contributed by atoms with E-state index in [0.717, 1.165) is 4.90 Å². The molecule has 1 amide bonds. The van der Waals surface area contributed by atoms with Gasteiger partial charge in [0.2, 0.25) is 6.43 Å². The maximum Gasteiger partial charge on any atom is 0.410 e. The highest BCUT2D eigenvalue weighted by atomic mass is 19.3. The summed E-state index contributed by atoms with van der Waals surface area (Å²) < 4.78 is 35.1. The molecule has 0 saturated carbocycles. The van der Waals surface area contributed by atoms with Crippen LogP contribution in [0.25, 0.3) is 0 Å². The highest BCUT2D eigenvalue weighted by Crippen LogP contribution is 2.21. The molecule has 116 valence electrons. The first-order valence-electron chi connectivity index (χ1n) is 6.22. The number of carboxylic acid groups (broad SMARTS) is 1. The summed E-state index contributed by atoms with van der Waals surface area (Å²) in [6, 6.07) is -0.888. The number of amides is 1. The first kappa shape index (κ1) is 16.6. The van der Waals surface area contributed by atoms with Crippen LogP contribution in [-0.2, 0) is 14.3 Å². The van der Waals surface area contributed by atoms with Crippen LogP contribution in [0, 0.1) is 0 Å². The Kier molecular flexibility index (Phi) is 5.27. The van der Waals surface area contributed by atoms with Crippen molar-refractivity contribution >= 4 is 12.1 Å². The molecule has 1 saturated heterocycles. The summed E-state index contributed by atoms with van der Waals surface area (Å²) in [5, 5.41) is 8.89. The smallest absolute Gasteiger partial charge is 0.410 e. The molecule has 0 aromatic carbocycles. The molecule has 0 spiro atoms. The molecule has 6 nitrogen and oxygen atoms in total. The van der Waals surface area contributed by atoms with E-state index in [1.807, 2.05) is 0 Å². The maximum absolute atomic E-state index is 12.5. The molecule has 0 aromatic heterocycles. The molecular weight excluding hydrogens is 276 g/mol. The highest BCUT2D eigenvalue weighted by molar-refractivity contribution is 5.75. The molecule has 2 atom stereocenters. The average Bonchev–Trinajstić information content (AvgIpc) is 2.25. The Morgan fingerprint density at radius 1 is 1.45 bits per heavy atom. The second-order valence-electron chi connectivity index (χ2n) is 5.57. The van der Waals surface area contributed by atoms with E-state index >= 15 is 0 Å². The molecule has 0 unspecified atom stereocenters. The molecule has 8 heteroatoms. The van der Waals surface area contributed by atoms with Gasteiger partial charge in [0.1, 0.15) is 5.60 Å². The molecule has 0 radical (unpaired) electrons. The minimum Gasteiger partial charge on any atom is -0.479 e. The van der Waals surface area contributed by atoms with Crippen LogP contribution in [0.3, 0.4) is 0 Å². The summed E-state index contributed by atoms with van der Waals surface area (Å²) in [5.74, 6) is -1.24. The van der Waals surface area contributed by atoms with Crippen LogP contribution < -0.4 is 0 Å². The third-order valence-corrected chi connectivity index (χ3v) is 2.65. The lowest BCUT2D eigenvalue weighted by atomic mass is 10.1.